The van der Waals surface area contributed by atoms with Gasteiger partial charge in [0.25, 0.3) is 0 Å². The fourth-order valence-corrected chi connectivity index (χ4v) is 4.53. The highest BCUT2D eigenvalue weighted by molar-refractivity contribution is 5.64. The molecule has 4 N–H and O–H groups in total. The Kier molecular flexibility index (Phi) is 8.13. The minimum atomic E-state index is -5.20. The Morgan fingerprint density at radius 2 is 1.86 bits per heavy atom. The Morgan fingerprint density at radius 1 is 1.17 bits per heavy atom. The number of likely N-dealkylation sites (tertiary alicyclic amines) is 1. The summed E-state index contributed by atoms with van der Waals surface area (Å²) in [5.41, 5.74) is -2.60. The van der Waals surface area contributed by atoms with Crippen molar-refractivity contribution in [2.75, 3.05) is 19.6 Å². The van der Waals surface area contributed by atoms with Crippen molar-refractivity contribution in [3.8, 4) is 0 Å². The molecule has 15 heteroatoms. The Morgan fingerprint density at radius 3 is 2.46 bits per heavy atom. The van der Waals surface area contributed by atoms with Gasteiger partial charge in [-0.3, -0.25) is 9.80 Å². The van der Waals surface area contributed by atoms with Crippen molar-refractivity contribution >= 4 is 6.09 Å². The second-order valence-corrected chi connectivity index (χ2v) is 9.02. The van der Waals surface area contributed by atoms with Crippen LogP contribution in [0.15, 0.2) is 0 Å². The molecule has 9 nitrogen and oxygen atoms in total. The van der Waals surface area contributed by atoms with Gasteiger partial charge in [0.1, 0.15) is 12.5 Å². The molecule has 1 amide bonds. The van der Waals surface area contributed by atoms with Crippen LogP contribution in [-0.2, 0) is 25.3 Å². The summed E-state index contributed by atoms with van der Waals surface area (Å²) in [6.45, 7) is 1.91. The number of carbonyl (C=O) groups is 1. The molecule has 198 valence electrons. The summed E-state index contributed by atoms with van der Waals surface area (Å²) >= 11 is 0. The van der Waals surface area contributed by atoms with Gasteiger partial charge in [-0.1, -0.05) is 6.92 Å². The molecule has 0 bridgehead atoms. The number of fused-ring (bicyclic) bond motifs is 1. The first-order valence-corrected chi connectivity index (χ1v) is 11.0. The number of amides is 1. The number of piperidine rings is 1. The van der Waals surface area contributed by atoms with Crippen LogP contribution in [0.2, 0.25) is 0 Å². The molecule has 2 aliphatic rings. The number of aliphatic hydroxyl groups excluding tert-OH is 2. The number of halogens is 6. The van der Waals surface area contributed by atoms with E-state index in [2.05, 4.69) is 15.3 Å². The number of carboxylic acid groups (broad SMARTS) is 1. The first-order valence-electron chi connectivity index (χ1n) is 11.0. The largest absolute Gasteiger partial charge is 0.465 e. The second-order valence-electron chi connectivity index (χ2n) is 9.02. The summed E-state index contributed by atoms with van der Waals surface area (Å²) < 4.78 is 79.4. The number of hydrogen-bond acceptors (Lipinski definition) is 7. The first kappa shape index (κ1) is 27.4. The number of alkyl halides is 6. The van der Waals surface area contributed by atoms with Gasteiger partial charge in [-0.25, -0.2) is 14.8 Å². The third-order valence-electron chi connectivity index (χ3n) is 6.20. The molecule has 0 spiro atoms. The zero-order valence-electron chi connectivity index (χ0n) is 18.8. The van der Waals surface area contributed by atoms with Crippen molar-refractivity contribution in [3.63, 3.8) is 0 Å². The highest BCUT2D eigenvalue weighted by Gasteiger charge is 2.44. The molecule has 3 heterocycles. The lowest BCUT2D eigenvalue weighted by atomic mass is 9.97. The van der Waals surface area contributed by atoms with Crippen LogP contribution in [0.25, 0.3) is 0 Å². The zero-order chi connectivity index (χ0) is 26.1. The quantitative estimate of drug-likeness (QED) is 0.426. The number of hydrogen-bond donors (Lipinski definition) is 4. The lowest BCUT2D eigenvalue weighted by Crippen LogP contribution is -2.53. The van der Waals surface area contributed by atoms with Gasteiger partial charge in [0.15, 0.2) is 5.69 Å². The molecule has 35 heavy (non-hydrogen) atoms. The number of nitrogens with zero attached hydrogens (tertiary/aromatic N) is 4. The van der Waals surface area contributed by atoms with Crippen LogP contribution in [0.3, 0.4) is 0 Å². The van der Waals surface area contributed by atoms with Gasteiger partial charge in [0.2, 0.25) is 5.82 Å². The van der Waals surface area contributed by atoms with Crippen LogP contribution in [0.5, 0.6) is 0 Å². The van der Waals surface area contributed by atoms with Gasteiger partial charge in [-0.2, -0.15) is 26.3 Å². The molecule has 1 aromatic heterocycles. The molecule has 0 aromatic carbocycles. The molecule has 4 atom stereocenters. The molecule has 1 fully saturated rings. The topological polar surface area (TPSA) is 122 Å². The molecule has 0 saturated carbocycles. The van der Waals surface area contributed by atoms with Gasteiger partial charge in [-0.05, 0) is 25.2 Å². The third-order valence-corrected chi connectivity index (χ3v) is 6.20. The highest BCUT2D eigenvalue weighted by atomic mass is 19.4. The van der Waals surface area contributed by atoms with Crippen LogP contribution in [-0.4, -0.2) is 79.3 Å². The maximum absolute atomic E-state index is 13.4. The molecule has 0 aliphatic carbocycles. The van der Waals surface area contributed by atoms with E-state index in [4.69, 9.17) is 0 Å². The Labute approximate surface area is 196 Å². The SMILES string of the molecule is C[C@H]1CCC(O)N(C[C@H](CC(O)N2CCc3c(nc(C(F)(F)F)nc3C(F)(F)F)C2)NC(=O)O)C1. The summed E-state index contributed by atoms with van der Waals surface area (Å²) in [4.78, 5) is 20.2. The Balaban J connectivity index is 1.78. The molecular weight excluding hydrogens is 488 g/mol. The van der Waals surface area contributed by atoms with Crippen molar-refractivity contribution < 1.29 is 46.5 Å². The van der Waals surface area contributed by atoms with E-state index < -0.39 is 66.3 Å². The van der Waals surface area contributed by atoms with E-state index in [0.29, 0.717) is 13.0 Å². The summed E-state index contributed by atoms with van der Waals surface area (Å²) in [6.07, 6.45) is -13.1. The predicted molar refractivity (Wildman–Crippen MR) is 108 cm³/mol. The van der Waals surface area contributed by atoms with Gasteiger partial charge in [0, 0.05) is 44.2 Å². The van der Waals surface area contributed by atoms with Gasteiger partial charge in [0.05, 0.1) is 5.69 Å². The fourth-order valence-electron chi connectivity index (χ4n) is 4.53. The zero-order valence-corrected chi connectivity index (χ0v) is 18.8. The van der Waals surface area contributed by atoms with Crippen molar-refractivity contribution in [2.45, 2.75) is 70.0 Å². The molecule has 2 aliphatic heterocycles. The van der Waals surface area contributed by atoms with Crippen LogP contribution in [0.1, 0.15) is 49.0 Å². The normalized spacial score (nSPS) is 24.0. The number of aliphatic hydroxyl groups is 2. The van der Waals surface area contributed by atoms with Crippen LogP contribution in [0, 0.1) is 5.92 Å². The smallest absolute Gasteiger partial charge is 0.451 e. The standard InChI is InChI=1S/C20H27F6N5O4/c1-10-2-3-14(32)31(7-10)8-11(27-18(34)35)6-15(33)30-5-4-12-13(9-30)28-17(20(24,25)26)29-16(12)19(21,22)23/h10-11,14-15,27,32-33H,2-9H2,1H3,(H,34,35)/t10-,11-,14?,15?/m0/s1. The molecular formula is C20H27F6N5O4. The predicted octanol–water partition coefficient (Wildman–Crippen LogP) is 2.27. The molecule has 3 rings (SSSR count). The maximum Gasteiger partial charge on any atom is 0.451 e. The summed E-state index contributed by atoms with van der Waals surface area (Å²) in [6, 6.07) is -0.856. The van der Waals surface area contributed by atoms with E-state index in [1.807, 2.05) is 6.92 Å². The van der Waals surface area contributed by atoms with E-state index in [1.165, 1.54) is 4.90 Å². The lowest BCUT2D eigenvalue weighted by Gasteiger charge is -2.39. The molecule has 0 radical (unpaired) electrons. The molecule has 1 saturated heterocycles. The monoisotopic (exact) mass is 515 g/mol. The van der Waals surface area contributed by atoms with Crippen LogP contribution < -0.4 is 5.32 Å². The van der Waals surface area contributed by atoms with Gasteiger partial charge in [-0.15, -0.1) is 0 Å². The van der Waals surface area contributed by atoms with Crippen LogP contribution >= 0.6 is 0 Å². The van der Waals surface area contributed by atoms with E-state index >= 15 is 0 Å². The lowest BCUT2D eigenvalue weighted by molar-refractivity contribution is -0.153. The van der Waals surface area contributed by atoms with Crippen LogP contribution in [0.4, 0.5) is 31.1 Å². The number of rotatable bonds is 6. The second kappa shape index (κ2) is 10.4. The van der Waals surface area contributed by atoms with Crippen molar-refractivity contribution in [1.82, 2.24) is 25.1 Å². The van der Waals surface area contributed by atoms with Gasteiger partial charge < -0.3 is 20.6 Å². The van der Waals surface area contributed by atoms with E-state index in [0.717, 1.165) is 6.42 Å². The fraction of sp³-hybridized carbons (Fsp3) is 0.750. The third kappa shape index (κ3) is 6.92. The average Bonchev–Trinajstić information content (AvgIpc) is 2.73. The number of nitrogens with one attached hydrogen (secondary N) is 1. The summed E-state index contributed by atoms with van der Waals surface area (Å²) in [5.74, 6) is -1.66. The maximum atomic E-state index is 13.4. The minimum absolute atomic E-state index is 0.0674. The van der Waals surface area contributed by atoms with E-state index in [-0.39, 0.29) is 31.8 Å². The minimum Gasteiger partial charge on any atom is -0.465 e. The number of aromatic nitrogens is 2. The van der Waals surface area contributed by atoms with Crippen molar-refractivity contribution in [2.24, 2.45) is 5.92 Å². The highest BCUT2D eigenvalue weighted by Crippen LogP contribution is 2.37. The van der Waals surface area contributed by atoms with E-state index in [9.17, 15) is 46.5 Å². The molecule has 1 aromatic rings. The van der Waals surface area contributed by atoms with Gasteiger partial charge >= 0.3 is 18.4 Å². The molecule has 2 unspecified atom stereocenters. The Bertz CT molecular complexity index is 915. The summed E-state index contributed by atoms with van der Waals surface area (Å²) in [7, 11) is 0. The van der Waals surface area contributed by atoms with E-state index in [1.54, 1.807) is 4.90 Å². The Hall–Kier alpha value is -2.23. The average molecular weight is 515 g/mol. The summed E-state index contributed by atoms with van der Waals surface area (Å²) in [5, 5.41) is 32.4. The van der Waals surface area contributed by atoms with Crippen molar-refractivity contribution in [3.05, 3.63) is 22.8 Å². The van der Waals surface area contributed by atoms with Crippen molar-refractivity contribution in [1.29, 1.82) is 0 Å². The first-order chi connectivity index (χ1) is 16.1.